The summed E-state index contributed by atoms with van der Waals surface area (Å²) in [5.74, 6) is -0.250. The lowest BCUT2D eigenvalue weighted by molar-refractivity contribution is -0.120. The van der Waals surface area contributed by atoms with Crippen molar-refractivity contribution in [2.45, 2.75) is 18.9 Å². The zero-order valence-electron chi connectivity index (χ0n) is 14.1. The minimum Gasteiger partial charge on any atom is -0.395 e. The van der Waals surface area contributed by atoms with E-state index in [1.54, 1.807) is 31.2 Å². The number of nitrogens with zero attached hydrogens (tertiary/aromatic N) is 1. The predicted molar refractivity (Wildman–Crippen MR) is 96.1 cm³/mol. The summed E-state index contributed by atoms with van der Waals surface area (Å²) in [7, 11) is 1.89. The van der Waals surface area contributed by atoms with E-state index < -0.39 is 5.60 Å². The molecule has 1 unspecified atom stereocenters. The first-order chi connectivity index (χ1) is 11.4. The smallest absolute Gasteiger partial charge is 0.227 e. The molecule has 5 nitrogen and oxygen atoms in total. The van der Waals surface area contributed by atoms with Crippen LogP contribution in [0, 0.1) is 0 Å². The van der Waals surface area contributed by atoms with E-state index in [1.807, 2.05) is 42.3 Å². The summed E-state index contributed by atoms with van der Waals surface area (Å²) in [5, 5.41) is 22.3. The van der Waals surface area contributed by atoms with E-state index in [9.17, 15) is 9.90 Å². The summed E-state index contributed by atoms with van der Waals surface area (Å²) in [6.45, 7) is 2.27. The lowest BCUT2D eigenvalue weighted by atomic mass is 9.92. The number of carbonyl (C=O) groups excluding carboxylic acids is 1. The van der Waals surface area contributed by atoms with Crippen molar-refractivity contribution in [1.29, 1.82) is 0 Å². The Morgan fingerprint density at radius 2 is 1.75 bits per heavy atom. The van der Waals surface area contributed by atoms with Crippen molar-refractivity contribution < 1.29 is 15.0 Å². The highest BCUT2D eigenvalue weighted by Crippen LogP contribution is 2.25. The van der Waals surface area contributed by atoms with Crippen LogP contribution < -0.4 is 10.2 Å². The molecule has 128 valence electrons. The second kappa shape index (κ2) is 7.95. The number of rotatable bonds is 7. The highest BCUT2D eigenvalue weighted by molar-refractivity contribution is 5.91. The largest absolute Gasteiger partial charge is 0.395 e. The lowest BCUT2D eigenvalue weighted by Gasteiger charge is -2.23. The Kier molecular flexibility index (Phi) is 5.95. The van der Waals surface area contributed by atoms with Crippen molar-refractivity contribution in [2.24, 2.45) is 0 Å². The van der Waals surface area contributed by atoms with Crippen LogP contribution in [0.3, 0.4) is 0 Å². The van der Waals surface area contributed by atoms with Crippen molar-refractivity contribution in [3.63, 3.8) is 0 Å². The molecule has 0 aliphatic carbocycles. The Bertz CT molecular complexity index is 654. The average molecular weight is 328 g/mol. The van der Waals surface area contributed by atoms with Crippen LogP contribution in [0.2, 0.25) is 0 Å². The van der Waals surface area contributed by atoms with Gasteiger partial charge < -0.3 is 20.4 Å². The highest BCUT2D eigenvalue weighted by Gasteiger charge is 2.26. The fourth-order valence-electron chi connectivity index (χ4n) is 2.50. The van der Waals surface area contributed by atoms with Gasteiger partial charge in [0.2, 0.25) is 5.91 Å². The number of nitrogens with one attached hydrogen (secondary N) is 1. The van der Waals surface area contributed by atoms with Crippen LogP contribution in [0.5, 0.6) is 0 Å². The molecule has 1 atom stereocenters. The Morgan fingerprint density at radius 3 is 2.33 bits per heavy atom. The highest BCUT2D eigenvalue weighted by atomic mass is 16.3. The van der Waals surface area contributed by atoms with Gasteiger partial charge in [0.15, 0.2) is 0 Å². The van der Waals surface area contributed by atoms with Gasteiger partial charge in [-0.1, -0.05) is 30.3 Å². The molecule has 0 radical (unpaired) electrons. The standard InChI is InChI=1S/C19H24N2O3/c1-19(24,15-6-4-3-5-7-15)14-18(23)20-16-8-10-17(11-9-16)21(2)12-13-22/h3-11,22,24H,12-14H2,1-2H3,(H,20,23). The van der Waals surface area contributed by atoms with Gasteiger partial charge in [0.25, 0.3) is 0 Å². The van der Waals surface area contributed by atoms with Crippen LogP contribution in [0.25, 0.3) is 0 Å². The van der Waals surface area contributed by atoms with Crippen molar-refractivity contribution in [3.05, 3.63) is 60.2 Å². The first kappa shape index (κ1) is 18.0. The first-order valence-corrected chi connectivity index (χ1v) is 7.92. The molecule has 0 heterocycles. The number of benzene rings is 2. The number of hydrogen-bond donors (Lipinski definition) is 3. The summed E-state index contributed by atoms with van der Waals surface area (Å²) in [4.78, 5) is 14.1. The first-order valence-electron chi connectivity index (χ1n) is 7.92. The summed E-state index contributed by atoms with van der Waals surface area (Å²) in [6, 6.07) is 16.5. The summed E-state index contributed by atoms with van der Waals surface area (Å²) in [6.07, 6.45) is -0.0246. The topological polar surface area (TPSA) is 72.8 Å². The molecule has 2 aromatic rings. The number of hydrogen-bond acceptors (Lipinski definition) is 4. The number of likely N-dealkylation sites (N-methyl/N-ethyl adjacent to an activating group) is 1. The zero-order valence-corrected chi connectivity index (χ0v) is 14.1. The Balaban J connectivity index is 1.97. The van der Waals surface area contributed by atoms with Gasteiger partial charge in [-0.3, -0.25) is 4.79 Å². The number of carbonyl (C=O) groups is 1. The fourth-order valence-corrected chi connectivity index (χ4v) is 2.50. The lowest BCUT2D eigenvalue weighted by Crippen LogP contribution is -2.28. The molecule has 5 heteroatoms. The van der Waals surface area contributed by atoms with Gasteiger partial charge in [0.05, 0.1) is 18.6 Å². The SMILES string of the molecule is CN(CCO)c1ccc(NC(=O)CC(C)(O)c2ccccc2)cc1. The quantitative estimate of drug-likeness (QED) is 0.729. The predicted octanol–water partition coefficient (Wildman–Crippen LogP) is 2.35. The van der Waals surface area contributed by atoms with Crippen molar-refractivity contribution in [1.82, 2.24) is 0 Å². The van der Waals surface area contributed by atoms with Gasteiger partial charge in [-0.05, 0) is 36.8 Å². The number of aliphatic hydroxyl groups excluding tert-OH is 1. The van der Waals surface area contributed by atoms with Gasteiger partial charge in [-0.2, -0.15) is 0 Å². The van der Waals surface area contributed by atoms with Crippen LogP contribution in [0.15, 0.2) is 54.6 Å². The van der Waals surface area contributed by atoms with Crippen molar-refractivity contribution in [2.75, 3.05) is 30.4 Å². The number of anilines is 2. The van der Waals surface area contributed by atoms with E-state index in [4.69, 9.17) is 5.11 Å². The van der Waals surface area contributed by atoms with Gasteiger partial charge in [-0.15, -0.1) is 0 Å². The van der Waals surface area contributed by atoms with Crippen LogP contribution in [0.4, 0.5) is 11.4 Å². The minimum absolute atomic E-state index is 0.0246. The summed E-state index contributed by atoms with van der Waals surface area (Å²) < 4.78 is 0. The molecule has 0 aromatic heterocycles. The summed E-state index contributed by atoms with van der Waals surface area (Å²) in [5.41, 5.74) is 1.12. The number of aliphatic hydroxyl groups is 2. The third-order valence-corrected chi connectivity index (χ3v) is 3.93. The summed E-state index contributed by atoms with van der Waals surface area (Å²) >= 11 is 0. The average Bonchev–Trinajstić information content (AvgIpc) is 2.56. The maximum Gasteiger partial charge on any atom is 0.227 e. The van der Waals surface area contributed by atoms with Crippen LogP contribution >= 0.6 is 0 Å². The molecule has 0 saturated heterocycles. The molecular formula is C19H24N2O3. The van der Waals surface area contributed by atoms with Crippen molar-refractivity contribution >= 4 is 17.3 Å². The maximum atomic E-state index is 12.2. The van der Waals surface area contributed by atoms with E-state index in [0.717, 1.165) is 5.69 Å². The molecule has 0 saturated carbocycles. The molecule has 0 spiro atoms. The Hall–Kier alpha value is -2.37. The second-order valence-corrected chi connectivity index (χ2v) is 6.06. The Morgan fingerprint density at radius 1 is 1.12 bits per heavy atom. The third-order valence-electron chi connectivity index (χ3n) is 3.93. The molecule has 1 amide bonds. The Labute approximate surface area is 142 Å². The van der Waals surface area contributed by atoms with Gasteiger partial charge in [0, 0.05) is 25.0 Å². The molecule has 0 bridgehead atoms. The maximum absolute atomic E-state index is 12.2. The monoisotopic (exact) mass is 328 g/mol. The molecule has 24 heavy (non-hydrogen) atoms. The van der Waals surface area contributed by atoms with E-state index in [1.165, 1.54) is 0 Å². The normalized spacial score (nSPS) is 13.2. The molecule has 0 aliphatic heterocycles. The minimum atomic E-state index is -1.22. The van der Waals surface area contributed by atoms with Crippen LogP contribution in [0.1, 0.15) is 18.9 Å². The van der Waals surface area contributed by atoms with Gasteiger partial charge in [-0.25, -0.2) is 0 Å². The molecule has 0 fully saturated rings. The molecular weight excluding hydrogens is 304 g/mol. The van der Waals surface area contributed by atoms with E-state index in [2.05, 4.69) is 5.32 Å². The molecule has 2 aromatic carbocycles. The van der Waals surface area contributed by atoms with Crippen LogP contribution in [-0.2, 0) is 10.4 Å². The van der Waals surface area contributed by atoms with E-state index >= 15 is 0 Å². The van der Waals surface area contributed by atoms with Gasteiger partial charge >= 0.3 is 0 Å². The molecule has 3 N–H and O–H groups in total. The third kappa shape index (κ3) is 4.81. The zero-order chi connectivity index (χ0) is 17.6. The van der Waals surface area contributed by atoms with Crippen molar-refractivity contribution in [3.8, 4) is 0 Å². The van der Waals surface area contributed by atoms with Crippen LogP contribution in [-0.4, -0.2) is 36.3 Å². The van der Waals surface area contributed by atoms with E-state index in [-0.39, 0.29) is 18.9 Å². The van der Waals surface area contributed by atoms with Gasteiger partial charge in [0.1, 0.15) is 0 Å². The molecule has 0 aliphatic rings. The number of amides is 1. The fraction of sp³-hybridized carbons (Fsp3) is 0.316. The second-order valence-electron chi connectivity index (χ2n) is 6.06. The molecule has 2 rings (SSSR count). The van der Waals surface area contributed by atoms with E-state index in [0.29, 0.717) is 17.8 Å².